The quantitative estimate of drug-likeness (QED) is 0.730. The lowest BCUT2D eigenvalue weighted by atomic mass is 10.2. The Hall–Kier alpha value is -2.58. The molecule has 0 aliphatic carbocycles. The van der Waals surface area contributed by atoms with E-state index < -0.39 is 22.2 Å². The monoisotopic (exact) mass is 330 g/mol. The molecule has 3 aromatic heterocycles. The Morgan fingerprint density at radius 1 is 1.00 bits per heavy atom. The number of pyridine rings is 2. The third-order valence-corrected chi connectivity index (χ3v) is 4.67. The fraction of sp³-hybridized carbons (Fsp3) is 0.133. The minimum atomic E-state index is -3.70. The van der Waals surface area contributed by atoms with Crippen LogP contribution in [0.1, 0.15) is 0 Å². The second-order valence-electron chi connectivity index (χ2n) is 4.74. The third-order valence-electron chi connectivity index (χ3n) is 3.17. The van der Waals surface area contributed by atoms with Gasteiger partial charge in [-0.1, -0.05) is 12.1 Å². The van der Waals surface area contributed by atoms with Crippen molar-refractivity contribution in [3.8, 4) is 22.8 Å². The molecule has 0 spiro atoms. The maximum Gasteiger partial charge on any atom is 0.226 e. The summed E-state index contributed by atoms with van der Waals surface area (Å²) < 4.78 is 24.3. The highest BCUT2D eigenvalue weighted by atomic mass is 32.2. The van der Waals surface area contributed by atoms with Crippen LogP contribution in [0, 0.1) is 0 Å². The van der Waals surface area contributed by atoms with Crippen LogP contribution in [0.3, 0.4) is 0 Å². The molecule has 3 rings (SSSR count). The second-order valence-corrected chi connectivity index (χ2v) is 6.76. The number of hydrogen-bond donors (Lipinski definition) is 2. The van der Waals surface area contributed by atoms with Gasteiger partial charge in [-0.2, -0.15) is 0 Å². The number of nitrogens with one attached hydrogen (secondary N) is 1. The summed E-state index contributed by atoms with van der Waals surface area (Å²) in [6, 6.07) is 10.6. The first-order chi connectivity index (χ1) is 11.1. The number of sulfone groups is 1. The van der Waals surface area contributed by atoms with Gasteiger partial charge in [-0.15, -0.1) is 0 Å². The zero-order valence-corrected chi connectivity index (χ0v) is 12.9. The zero-order valence-electron chi connectivity index (χ0n) is 12.0. The average molecular weight is 330 g/mol. The second kappa shape index (κ2) is 6.27. The van der Waals surface area contributed by atoms with Crippen molar-refractivity contribution in [2.24, 2.45) is 0 Å². The predicted molar refractivity (Wildman–Crippen MR) is 84.2 cm³/mol. The largest absolute Gasteiger partial charge is 0.395 e. The first kappa shape index (κ1) is 15.3. The maximum absolute atomic E-state index is 12.2. The van der Waals surface area contributed by atoms with Crippen LogP contribution >= 0.6 is 0 Å². The van der Waals surface area contributed by atoms with Gasteiger partial charge in [-0.05, 0) is 24.3 Å². The highest BCUT2D eigenvalue weighted by Crippen LogP contribution is 2.28. The number of rotatable bonds is 5. The highest BCUT2D eigenvalue weighted by Gasteiger charge is 2.23. The highest BCUT2D eigenvalue weighted by molar-refractivity contribution is 7.91. The lowest BCUT2D eigenvalue weighted by molar-refractivity contribution is 0.319. The van der Waals surface area contributed by atoms with Crippen molar-refractivity contribution in [3.63, 3.8) is 0 Å². The molecule has 0 aromatic carbocycles. The molecule has 2 N–H and O–H groups in total. The predicted octanol–water partition coefficient (Wildman–Crippen LogP) is 1.30. The summed E-state index contributed by atoms with van der Waals surface area (Å²) in [5.41, 5.74) is 1.97. The summed E-state index contributed by atoms with van der Waals surface area (Å²) in [5.74, 6) is -0.399. The van der Waals surface area contributed by atoms with Crippen molar-refractivity contribution >= 4 is 9.84 Å². The standard InChI is InChI=1S/C15H14N4O3S/c20-9-10-23(21,22)15-18-13(11-5-1-3-7-16-11)14(19-15)12-6-2-4-8-17-12/h1-8,20H,9-10H2,(H,18,19). The van der Waals surface area contributed by atoms with E-state index in [1.807, 2.05) is 0 Å². The van der Waals surface area contributed by atoms with Crippen LogP contribution in [0.25, 0.3) is 22.8 Å². The Labute approximate surface area is 133 Å². The molecule has 0 fully saturated rings. The molecular formula is C15H14N4O3S. The van der Waals surface area contributed by atoms with Crippen LogP contribution in [0.15, 0.2) is 53.9 Å². The summed E-state index contributed by atoms with van der Waals surface area (Å²) in [4.78, 5) is 15.5. The number of aromatic amines is 1. The number of hydrogen-bond acceptors (Lipinski definition) is 6. The van der Waals surface area contributed by atoms with Crippen LogP contribution in [-0.4, -0.2) is 45.8 Å². The Balaban J connectivity index is 2.19. The summed E-state index contributed by atoms with van der Waals surface area (Å²) in [6.07, 6.45) is 3.22. The van der Waals surface area contributed by atoms with Gasteiger partial charge in [0.05, 0.1) is 29.4 Å². The molecule has 0 atom stereocenters. The molecule has 118 valence electrons. The maximum atomic E-state index is 12.2. The van der Waals surface area contributed by atoms with E-state index in [0.717, 1.165) is 0 Å². The minimum absolute atomic E-state index is 0.201. The van der Waals surface area contributed by atoms with Crippen LogP contribution in [-0.2, 0) is 9.84 Å². The van der Waals surface area contributed by atoms with Crippen molar-refractivity contribution < 1.29 is 13.5 Å². The van der Waals surface area contributed by atoms with Crippen molar-refractivity contribution in [1.82, 2.24) is 19.9 Å². The van der Waals surface area contributed by atoms with Crippen molar-refractivity contribution in [1.29, 1.82) is 0 Å². The Morgan fingerprint density at radius 2 is 1.65 bits per heavy atom. The Kier molecular flexibility index (Phi) is 4.18. The van der Waals surface area contributed by atoms with E-state index in [4.69, 9.17) is 5.11 Å². The van der Waals surface area contributed by atoms with Crippen molar-refractivity contribution in [2.45, 2.75) is 5.16 Å². The number of imidazole rings is 1. The zero-order chi connectivity index (χ0) is 16.3. The van der Waals surface area contributed by atoms with E-state index >= 15 is 0 Å². The molecule has 0 saturated carbocycles. The van der Waals surface area contributed by atoms with E-state index in [1.165, 1.54) is 0 Å². The minimum Gasteiger partial charge on any atom is -0.395 e. The van der Waals surface area contributed by atoms with Gasteiger partial charge in [0, 0.05) is 12.4 Å². The molecule has 3 heterocycles. The van der Waals surface area contributed by atoms with Crippen molar-refractivity contribution in [3.05, 3.63) is 48.8 Å². The Bertz CT molecular complexity index is 836. The number of aromatic nitrogens is 4. The van der Waals surface area contributed by atoms with Gasteiger partial charge >= 0.3 is 0 Å². The molecule has 0 saturated heterocycles. The van der Waals surface area contributed by atoms with Gasteiger partial charge < -0.3 is 10.1 Å². The Morgan fingerprint density at radius 3 is 2.22 bits per heavy atom. The molecule has 0 bridgehead atoms. The number of nitrogens with zero attached hydrogens (tertiary/aromatic N) is 3. The molecule has 8 heteroatoms. The van der Waals surface area contributed by atoms with Crippen molar-refractivity contribution in [2.75, 3.05) is 12.4 Å². The van der Waals surface area contributed by atoms with E-state index in [1.54, 1.807) is 48.8 Å². The SMILES string of the molecule is O=S(=O)(CCO)c1nc(-c2ccccn2)c(-c2ccccn2)[nH]1. The van der Waals surface area contributed by atoms with Crippen LogP contribution < -0.4 is 0 Å². The van der Waals surface area contributed by atoms with E-state index in [0.29, 0.717) is 22.8 Å². The van der Waals surface area contributed by atoms with Crippen LogP contribution in [0.4, 0.5) is 0 Å². The van der Waals surface area contributed by atoms with E-state index in [-0.39, 0.29) is 5.16 Å². The molecule has 0 aliphatic rings. The lowest BCUT2D eigenvalue weighted by Crippen LogP contribution is -2.11. The lowest BCUT2D eigenvalue weighted by Gasteiger charge is -2.00. The fourth-order valence-corrected chi connectivity index (χ4v) is 3.02. The first-order valence-electron chi connectivity index (χ1n) is 6.88. The molecule has 0 radical (unpaired) electrons. The van der Waals surface area contributed by atoms with Gasteiger partial charge in [-0.25, -0.2) is 13.4 Å². The van der Waals surface area contributed by atoms with Gasteiger partial charge in [0.2, 0.25) is 15.0 Å². The molecule has 7 nitrogen and oxygen atoms in total. The molecule has 0 aliphatic heterocycles. The normalized spacial score (nSPS) is 11.5. The first-order valence-corrected chi connectivity index (χ1v) is 8.53. The smallest absolute Gasteiger partial charge is 0.226 e. The number of aliphatic hydroxyl groups is 1. The topological polar surface area (TPSA) is 109 Å². The van der Waals surface area contributed by atoms with Gasteiger partial charge in [-0.3, -0.25) is 9.97 Å². The summed E-state index contributed by atoms with van der Waals surface area (Å²) in [7, 11) is -3.70. The van der Waals surface area contributed by atoms with Gasteiger partial charge in [0.25, 0.3) is 0 Å². The molecular weight excluding hydrogens is 316 g/mol. The summed E-state index contributed by atoms with van der Waals surface area (Å²) in [6.45, 7) is -0.471. The van der Waals surface area contributed by atoms with E-state index in [2.05, 4.69) is 19.9 Å². The fourth-order valence-electron chi connectivity index (χ4n) is 2.10. The van der Waals surface area contributed by atoms with Crippen LogP contribution in [0.5, 0.6) is 0 Å². The summed E-state index contributed by atoms with van der Waals surface area (Å²) >= 11 is 0. The molecule has 0 unspecified atom stereocenters. The number of aliphatic hydroxyl groups excluding tert-OH is 1. The van der Waals surface area contributed by atoms with Crippen LogP contribution in [0.2, 0.25) is 0 Å². The molecule has 3 aromatic rings. The summed E-state index contributed by atoms with van der Waals surface area (Å²) in [5, 5.41) is 8.73. The molecule has 23 heavy (non-hydrogen) atoms. The third kappa shape index (κ3) is 3.13. The van der Waals surface area contributed by atoms with Gasteiger partial charge in [0.15, 0.2) is 0 Å². The molecule has 0 amide bonds. The van der Waals surface area contributed by atoms with E-state index in [9.17, 15) is 8.42 Å². The number of H-pyrrole nitrogens is 1. The average Bonchev–Trinajstić information content (AvgIpc) is 3.03. The van der Waals surface area contributed by atoms with Gasteiger partial charge in [0.1, 0.15) is 5.69 Å².